The van der Waals surface area contributed by atoms with Crippen LogP contribution in [0.3, 0.4) is 0 Å². The normalized spacial score (nSPS) is 18.3. The van der Waals surface area contributed by atoms with Crippen molar-refractivity contribution < 1.29 is 12.8 Å². The van der Waals surface area contributed by atoms with E-state index in [0.29, 0.717) is 0 Å². The van der Waals surface area contributed by atoms with Gasteiger partial charge in [-0.25, -0.2) is 12.8 Å². The molecule has 4 nitrogen and oxygen atoms in total. The van der Waals surface area contributed by atoms with E-state index < -0.39 is 15.8 Å². The van der Waals surface area contributed by atoms with Crippen LogP contribution in [-0.2, 0) is 10.0 Å². The molecule has 1 aliphatic heterocycles. The van der Waals surface area contributed by atoms with Gasteiger partial charge in [0.25, 0.3) is 0 Å². The van der Waals surface area contributed by atoms with E-state index in [1.54, 1.807) is 7.05 Å². The second kappa shape index (κ2) is 6.73. The van der Waals surface area contributed by atoms with Gasteiger partial charge in [-0.05, 0) is 66.6 Å². The van der Waals surface area contributed by atoms with Crippen LogP contribution < -0.4 is 0 Å². The fraction of sp³-hybridized carbons (Fsp3) is 0.571. The average molecular weight is 379 g/mol. The van der Waals surface area contributed by atoms with Gasteiger partial charge in [-0.3, -0.25) is 0 Å². The molecule has 118 valence electrons. The summed E-state index contributed by atoms with van der Waals surface area (Å²) in [6.07, 6.45) is 1.62. The minimum atomic E-state index is -3.65. The minimum Gasteiger partial charge on any atom is -0.303 e. The molecule has 1 heterocycles. The fourth-order valence-electron chi connectivity index (χ4n) is 2.60. The number of rotatable bonds is 4. The minimum absolute atomic E-state index is 0.00335. The van der Waals surface area contributed by atoms with Crippen molar-refractivity contribution in [3.63, 3.8) is 0 Å². The van der Waals surface area contributed by atoms with Crippen molar-refractivity contribution in [3.05, 3.63) is 28.5 Å². The van der Waals surface area contributed by atoms with E-state index in [-0.39, 0.29) is 15.4 Å². The number of halogens is 2. The Morgan fingerprint density at radius 2 is 2.00 bits per heavy atom. The van der Waals surface area contributed by atoms with Crippen molar-refractivity contribution in [1.29, 1.82) is 0 Å². The summed E-state index contributed by atoms with van der Waals surface area (Å²) in [5, 5.41) is 0. The van der Waals surface area contributed by atoms with Crippen LogP contribution >= 0.6 is 15.9 Å². The zero-order valence-electron chi connectivity index (χ0n) is 12.2. The molecule has 1 aliphatic rings. The molecule has 0 saturated carbocycles. The first-order chi connectivity index (χ1) is 9.86. The van der Waals surface area contributed by atoms with Crippen LogP contribution in [0.2, 0.25) is 0 Å². The third-order valence-corrected chi connectivity index (χ3v) is 6.64. The maximum Gasteiger partial charge on any atom is 0.243 e. The Bertz CT molecular complexity index is 601. The first-order valence-corrected chi connectivity index (χ1v) is 9.25. The Balaban J connectivity index is 2.17. The Kier molecular flexibility index (Phi) is 5.40. The van der Waals surface area contributed by atoms with E-state index in [2.05, 4.69) is 27.8 Å². The van der Waals surface area contributed by atoms with E-state index in [1.807, 2.05) is 0 Å². The number of likely N-dealkylation sites (tertiary alicyclic amines) is 1. The summed E-state index contributed by atoms with van der Waals surface area (Å²) in [4.78, 5) is 2.31. The van der Waals surface area contributed by atoms with Gasteiger partial charge in [0.2, 0.25) is 10.0 Å². The van der Waals surface area contributed by atoms with Crippen molar-refractivity contribution in [2.45, 2.75) is 30.7 Å². The zero-order chi connectivity index (χ0) is 15.6. The predicted octanol–water partition coefficient (Wildman–Crippen LogP) is 2.69. The Morgan fingerprint density at radius 1 is 1.38 bits per heavy atom. The molecule has 0 aliphatic carbocycles. The number of hydrogen-bond acceptors (Lipinski definition) is 3. The maximum absolute atomic E-state index is 13.6. The highest BCUT2D eigenvalue weighted by molar-refractivity contribution is 9.10. The highest BCUT2D eigenvalue weighted by Gasteiger charge is 2.30. The second-order valence-electron chi connectivity index (χ2n) is 5.26. The van der Waals surface area contributed by atoms with E-state index >= 15 is 0 Å². The van der Waals surface area contributed by atoms with Crippen LogP contribution in [0.5, 0.6) is 0 Å². The number of sulfonamides is 1. The summed E-state index contributed by atoms with van der Waals surface area (Å²) in [7, 11) is -2.06. The standard InChI is InChI=1S/C14H20BrFN2O2S/c1-3-18-8-6-11(7-9-18)17(2)21(19,20)12-4-5-13(15)14(16)10-12/h4-5,10-11H,3,6-9H2,1-2H3. The van der Waals surface area contributed by atoms with Gasteiger partial charge in [0.15, 0.2) is 0 Å². The number of hydrogen-bond donors (Lipinski definition) is 0. The molecule has 7 heteroatoms. The Labute approximate surface area is 134 Å². The van der Waals surface area contributed by atoms with Gasteiger partial charge in [-0.15, -0.1) is 0 Å². The molecule has 0 spiro atoms. The molecular weight excluding hydrogens is 359 g/mol. The summed E-state index contributed by atoms with van der Waals surface area (Å²) in [6, 6.07) is 3.90. The predicted molar refractivity (Wildman–Crippen MR) is 84.2 cm³/mol. The lowest BCUT2D eigenvalue weighted by atomic mass is 10.1. The van der Waals surface area contributed by atoms with Crippen molar-refractivity contribution >= 4 is 26.0 Å². The second-order valence-corrected chi connectivity index (χ2v) is 8.11. The lowest BCUT2D eigenvalue weighted by Gasteiger charge is -2.35. The van der Waals surface area contributed by atoms with Crippen molar-refractivity contribution in [3.8, 4) is 0 Å². The molecule has 0 unspecified atom stereocenters. The van der Waals surface area contributed by atoms with Crippen LogP contribution in [-0.4, -0.2) is 50.3 Å². The molecule has 2 rings (SSSR count). The quantitative estimate of drug-likeness (QED) is 0.808. The van der Waals surface area contributed by atoms with Crippen LogP contribution in [0, 0.1) is 5.82 Å². The van der Waals surface area contributed by atoms with Gasteiger partial charge in [0.05, 0.1) is 9.37 Å². The van der Waals surface area contributed by atoms with Gasteiger partial charge in [-0.2, -0.15) is 4.31 Å². The molecule has 0 N–H and O–H groups in total. The molecule has 0 amide bonds. The first kappa shape index (κ1) is 16.9. The molecule has 0 radical (unpaired) electrons. The van der Waals surface area contributed by atoms with Gasteiger partial charge in [0, 0.05) is 13.1 Å². The van der Waals surface area contributed by atoms with E-state index in [4.69, 9.17) is 0 Å². The molecule has 1 aromatic rings. The van der Waals surface area contributed by atoms with Crippen molar-refractivity contribution in [2.24, 2.45) is 0 Å². The third kappa shape index (κ3) is 3.64. The van der Waals surface area contributed by atoms with Gasteiger partial charge in [-0.1, -0.05) is 6.92 Å². The highest BCUT2D eigenvalue weighted by atomic mass is 79.9. The van der Waals surface area contributed by atoms with E-state index in [1.165, 1.54) is 16.4 Å². The SMILES string of the molecule is CCN1CCC(N(C)S(=O)(=O)c2ccc(Br)c(F)c2)CC1. The average Bonchev–Trinajstić information content (AvgIpc) is 2.49. The number of nitrogens with zero attached hydrogens (tertiary/aromatic N) is 2. The number of benzene rings is 1. The summed E-state index contributed by atoms with van der Waals surface area (Å²) in [6.45, 7) is 4.89. The zero-order valence-corrected chi connectivity index (χ0v) is 14.6. The smallest absolute Gasteiger partial charge is 0.243 e. The molecule has 21 heavy (non-hydrogen) atoms. The van der Waals surface area contributed by atoms with E-state index in [9.17, 15) is 12.8 Å². The summed E-state index contributed by atoms with van der Waals surface area (Å²) in [5.74, 6) is -0.565. The first-order valence-electron chi connectivity index (χ1n) is 7.01. The Morgan fingerprint density at radius 3 is 2.52 bits per heavy atom. The molecule has 1 saturated heterocycles. The molecule has 0 bridgehead atoms. The molecule has 1 fully saturated rings. The largest absolute Gasteiger partial charge is 0.303 e. The van der Waals surface area contributed by atoms with Gasteiger partial charge in [0.1, 0.15) is 5.82 Å². The number of piperidine rings is 1. The van der Waals surface area contributed by atoms with Gasteiger partial charge >= 0.3 is 0 Å². The van der Waals surface area contributed by atoms with Crippen LogP contribution in [0.15, 0.2) is 27.6 Å². The fourth-order valence-corrected chi connectivity index (χ4v) is 4.27. The van der Waals surface area contributed by atoms with Gasteiger partial charge < -0.3 is 4.90 Å². The lowest BCUT2D eigenvalue weighted by Crippen LogP contribution is -2.45. The van der Waals surface area contributed by atoms with Crippen molar-refractivity contribution in [2.75, 3.05) is 26.7 Å². The summed E-state index contributed by atoms with van der Waals surface area (Å²) >= 11 is 3.04. The topological polar surface area (TPSA) is 40.6 Å². The van der Waals surface area contributed by atoms with Crippen LogP contribution in [0.4, 0.5) is 4.39 Å². The molecule has 0 atom stereocenters. The highest BCUT2D eigenvalue weighted by Crippen LogP contribution is 2.25. The summed E-state index contributed by atoms with van der Waals surface area (Å²) < 4.78 is 40.4. The van der Waals surface area contributed by atoms with E-state index in [0.717, 1.165) is 38.5 Å². The van der Waals surface area contributed by atoms with Crippen LogP contribution in [0.1, 0.15) is 19.8 Å². The monoisotopic (exact) mass is 378 g/mol. The molecule has 0 aromatic heterocycles. The molecular formula is C14H20BrFN2O2S. The van der Waals surface area contributed by atoms with Crippen LogP contribution in [0.25, 0.3) is 0 Å². The Hall–Kier alpha value is -0.500. The summed E-state index contributed by atoms with van der Waals surface area (Å²) in [5.41, 5.74) is 0. The molecule has 1 aromatic carbocycles. The lowest BCUT2D eigenvalue weighted by molar-refractivity contribution is 0.176. The van der Waals surface area contributed by atoms with Crippen molar-refractivity contribution in [1.82, 2.24) is 9.21 Å². The third-order valence-electron chi connectivity index (χ3n) is 4.09. The maximum atomic E-state index is 13.6.